The molecule has 0 saturated carbocycles. The molecule has 0 bridgehead atoms. The third-order valence-corrected chi connectivity index (χ3v) is 16.4. The van der Waals surface area contributed by atoms with E-state index in [1.165, 1.54) is 25.7 Å². The summed E-state index contributed by atoms with van der Waals surface area (Å²) < 4.78 is 11.9. The molecular formula is C55H65Cl2N9O6. The largest absolute Gasteiger partial charge is 0.489 e. The van der Waals surface area contributed by atoms with Crippen molar-refractivity contribution in [3.63, 3.8) is 0 Å². The van der Waals surface area contributed by atoms with Crippen molar-refractivity contribution in [2.75, 3.05) is 81.2 Å². The minimum atomic E-state index is -0.995. The Hall–Kier alpha value is -5.79. The number of ether oxygens (including phenoxy) is 2. The Morgan fingerprint density at radius 2 is 1.67 bits per heavy atom. The van der Waals surface area contributed by atoms with Gasteiger partial charge in [-0.05, 0) is 143 Å². The second-order valence-electron chi connectivity index (χ2n) is 20.9. The number of hydrogen-bond donors (Lipinski definition) is 1. The van der Waals surface area contributed by atoms with Gasteiger partial charge in [0.2, 0.25) is 24.2 Å². The van der Waals surface area contributed by atoms with E-state index in [-0.39, 0.29) is 19.4 Å². The van der Waals surface area contributed by atoms with Crippen LogP contribution in [0.15, 0.2) is 66.9 Å². The van der Waals surface area contributed by atoms with Crippen LogP contribution in [0.25, 0.3) is 0 Å². The molecule has 380 valence electrons. The third-order valence-electron chi connectivity index (χ3n) is 16.0. The fourth-order valence-corrected chi connectivity index (χ4v) is 11.8. The van der Waals surface area contributed by atoms with Gasteiger partial charge in [-0.3, -0.25) is 29.4 Å². The van der Waals surface area contributed by atoms with Gasteiger partial charge in [0.15, 0.2) is 5.75 Å². The van der Waals surface area contributed by atoms with Gasteiger partial charge in [0.25, 0.3) is 5.91 Å². The van der Waals surface area contributed by atoms with E-state index in [1.54, 1.807) is 0 Å². The van der Waals surface area contributed by atoms with Gasteiger partial charge in [-0.15, -0.1) is 11.6 Å². The van der Waals surface area contributed by atoms with Crippen LogP contribution in [0.2, 0.25) is 5.02 Å². The summed E-state index contributed by atoms with van der Waals surface area (Å²) in [6, 6.07) is 21.2. The van der Waals surface area contributed by atoms with E-state index in [0.717, 1.165) is 116 Å². The Labute approximate surface area is 432 Å². The number of likely N-dealkylation sites (tertiary alicyclic amines) is 2. The number of halogens is 2. The van der Waals surface area contributed by atoms with E-state index in [1.807, 2.05) is 73.8 Å². The number of nitrogens with one attached hydrogen (secondary N) is 1. The van der Waals surface area contributed by atoms with E-state index in [9.17, 15) is 24.4 Å². The lowest BCUT2D eigenvalue weighted by Gasteiger charge is -2.55. The van der Waals surface area contributed by atoms with Crippen molar-refractivity contribution >= 4 is 59.0 Å². The summed E-state index contributed by atoms with van der Waals surface area (Å²) in [5.74, 6) is 1.25. The number of nitrogens with zero attached hydrogens (tertiary/aromatic N) is 8. The first-order valence-corrected chi connectivity index (χ1v) is 26.3. The smallest absolute Gasteiger partial charge is 0.261 e. The lowest BCUT2D eigenvalue weighted by molar-refractivity contribution is -0.139. The molecule has 5 fully saturated rings. The molecule has 5 aliphatic heterocycles. The fourth-order valence-electron chi connectivity index (χ4n) is 11.4. The molecule has 1 spiro atoms. The number of benzene rings is 3. The molecule has 1 unspecified atom stereocenters. The standard InChI is InChI=1S/C55H65Cl2N9O6/c1-37-4-7-44(30-46(37)52(70)66(36-67)48-10-11-49(68)61-51(48)69)63-23-13-38(14-24-63)32-62-21-15-43(16-22-62)64-25-17-55(18-26-64)34-65(35-55)53-59-20-12-42(60-53)33-72-45-8-5-40(6-9-45)54(2,3)41-28-39(31-58)50(47(57)29-41)71-27-19-56/h4-9,12,20,28-30,36,38,43,48H,10-11,13-19,21-27,32-35H2,1-3H3,(H,61,68,69). The third kappa shape index (κ3) is 11.2. The number of piperidine rings is 4. The van der Waals surface area contributed by atoms with Crippen LogP contribution in [0.4, 0.5) is 11.6 Å². The number of aromatic nitrogens is 2. The first kappa shape index (κ1) is 51.1. The molecule has 5 aliphatic rings. The van der Waals surface area contributed by atoms with Crippen LogP contribution < -0.4 is 24.6 Å². The minimum Gasteiger partial charge on any atom is -0.489 e. The molecule has 72 heavy (non-hydrogen) atoms. The van der Waals surface area contributed by atoms with Crippen LogP contribution in [-0.2, 0) is 26.4 Å². The van der Waals surface area contributed by atoms with Crippen LogP contribution in [-0.4, -0.2) is 132 Å². The summed E-state index contributed by atoms with van der Waals surface area (Å²) in [6.45, 7) is 16.0. The normalized spacial score (nSPS) is 20.1. The molecule has 9 rings (SSSR count). The monoisotopic (exact) mass is 1020 g/mol. The molecule has 3 aromatic carbocycles. The maximum atomic E-state index is 13.6. The minimum absolute atomic E-state index is 0.0867. The van der Waals surface area contributed by atoms with Crippen LogP contribution in [0, 0.1) is 29.6 Å². The van der Waals surface area contributed by atoms with Gasteiger partial charge in [0.05, 0.1) is 22.2 Å². The van der Waals surface area contributed by atoms with Crippen molar-refractivity contribution in [1.29, 1.82) is 5.26 Å². The highest BCUT2D eigenvalue weighted by Gasteiger charge is 2.47. The number of rotatable bonds is 16. The van der Waals surface area contributed by atoms with Gasteiger partial charge < -0.3 is 29.1 Å². The van der Waals surface area contributed by atoms with Crippen molar-refractivity contribution < 1.29 is 28.7 Å². The Morgan fingerprint density at radius 1 is 0.931 bits per heavy atom. The molecule has 15 nitrogen and oxygen atoms in total. The number of alkyl halides is 1. The number of nitriles is 1. The van der Waals surface area contributed by atoms with Crippen LogP contribution in [0.3, 0.4) is 0 Å². The van der Waals surface area contributed by atoms with Crippen LogP contribution >= 0.6 is 23.2 Å². The number of amides is 4. The van der Waals surface area contributed by atoms with Crippen molar-refractivity contribution in [3.05, 3.63) is 105 Å². The highest BCUT2D eigenvalue weighted by Crippen LogP contribution is 2.43. The fraction of sp³-hybridized carbons (Fsp3) is 0.509. The van der Waals surface area contributed by atoms with Gasteiger partial charge in [0, 0.05) is 73.5 Å². The summed E-state index contributed by atoms with van der Waals surface area (Å²) >= 11 is 12.4. The van der Waals surface area contributed by atoms with Crippen molar-refractivity contribution in [2.24, 2.45) is 11.3 Å². The first-order valence-electron chi connectivity index (χ1n) is 25.4. The summed E-state index contributed by atoms with van der Waals surface area (Å²) in [5, 5.41) is 12.4. The van der Waals surface area contributed by atoms with E-state index in [0.29, 0.717) is 58.2 Å². The zero-order chi connectivity index (χ0) is 50.6. The summed E-state index contributed by atoms with van der Waals surface area (Å²) in [7, 11) is 0. The highest BCUT2D eigenvalue weighted by molar-refractivity contribution is 6.32. The molecular weight excluding hydrogens is 954 g/mol. The van der Waals surface area contributed by atoms with Gasteiger partial charge in [0.1, 0.15) is 31.1 Å². The average Bonchev–Trinajstić information content (AvgIpc) is 3.38. The second-order valence-corrected chi connectivity index (χ2v) is 21.7. The number of carbonyl (C=O) groups excluding carboxylic acids is 4. The van der Waals surface area contributed by atoms with E-state index in [4.69, 9.17) is 37.7 Å². The van der Waals surface area contributed by atoms with Gasteiger partial charge in [-0.1, -0.05) is 43.6 Å². The molecule has 1 atom stereocenters. The molecule has 1 aromatic heterocycles. The molecule has 1 N–H and O–H groups in total. The van der Waals surface area contributed by atoms with Crippen molar-refractivity contribution in [3.8, 4) is 17.6 Å². The van der Waals surface area contributed by atoms with Crippen LogP contribution in [0.5, 0.6) is 11.5 Å². The first-order chi connectivity index (χ1) is 34.8. The molecule has 6 heterocycles. The Kier molecular flexibility index (Phi) is 15.7. The predicted octanol–water partition coefficient (Wildman–Crippen LogP) is 7.52. The van der Waals surface area contributed by atoms with E-state index >= 15 is 0 Å². The van der Waals surface area contributed by atoms with Gasteiger partial charge >= 0.3 is 0 Å². The average molecular weight is 1020 g/mol. The zero-order valence-corrected chi connectivity index (χ0v) is 43.1. The zero-order valence-electron chi connectivity index (χ0n) is 41.6. The number of imide groups is 2. The van der Waals surface area contributed by atoms with Gasteiger partial charge in [-0.2, -0.15) is 5.26 Å². The molecule has 0 aliphatic carbocycles. The molecule has 4 amide bonds. The Morgan fingerprint density at radius 3 is 2.35 bits per heavy atom. The lowest BCUT2D eigenvalue weighted by atomic mass is 9.71. The quantitative estimate of drug-likeness (QED) is 0.0667. The summed E-state index contributed by atoms with van der Waals surface area (Å²) in [5.41, 5.74) is 5.12. The van der Waals surface area contributed by atoms with E-state index < -0.39 is 29.2 Å². The molecule has 17 heteroatoms. The van der Waals surface area contributed by atoms with Crippen molar-refractivity contribution in [1.82, 2.24) is 30.0 Å². The van der Waals surface area contributed by atoms with E-state index in [2.05, 4.69) is 49.8 Å². The summed E-state index contributed by atoms with van der Waals surface area (Å²) in [4.78, 5) is 70.3. The predicted molar refractivity (Wildman–Crippen MR) is 277 cm³/mol. The highest BCUT2D eigenvalue weighted by atomic mass is 35.5. The number of aryl methyl sites for hydroxylation is 1. The van der Waals surface area contributed by atoms with Crippen LogP contribution in [0.1, 0.15) is 104 Å². The molecule has 0 radical (unpaired) electrons. The second kappa shape index (κ2) is 22.1. The number of anilines is 2. The Balaban J connectivity index is 0.687. The molecule has 4 aromatic rings. The molecule has 5 saturated heterocycles. The Bertz CT molecular complexity index is 2660. The topological polar surface area (TPSA) is 165 Å². The van der Waals surface area contributed by atoms with Gasteiger partial charge in [-0.25, -0.2) is 9.97 Å². The lowest BCUT2D eigenvalue weighted by Crippen LogP contribution is -2.62. The maximum absolute atomic E-state index is 13.6. The SMILES string of the molecule is Cc1ccc(N2CCC(CN3CCC(N4CCC5(CC4)CN(c4nccc(COc6ccc(C(C)(C)c7cc(Cl)c(OCCCl)c(C#N)c7)cc6)n4)C5)CC3)CC2)cc1C(=O)N(C=O)C1CCC(=O)NC1=O. The van der Waals surface area contributed by atoms with Crippen molar-refractivity contribution in [2.45, 2.75) is 96.2 Å². The number of hydrogen-bond acceptors (Lipinski definition) is 13. The number of carbonyl (C=O) groups is 4. The maximum Gasteiger partial charge on any atom is 0.261 e. The summed E-state index contributed by atoms with van der Waals surface area (Å²) in [6.07, 6.45) is 9.41.